The Hall–Kier alpha value is -2.54. The van der Waals surface area contributed by atoms with Crippen molar-refractivity contribution < 1.29 is 4.74 Å². The van der Waals surface area contributed by atoms with Crippen LogP contribution < -0.4 is 4.74 Å². The number of rotatable bonds is 3. The molecule has 0 unspecified atom stereocenters. The van der Waals surface area contributed by atoms with Crippen molar-refractivity contribution in [3.05, 3.63) is 89.5 Å². The van der Waals surface area contributed by atoms with Crippen LogP contribution in [0.2, 0.25) is 0 Å². The van der Waals surface area contributed by atoms with E-state index in [1.54, 1.807) is 0 Å². The van der Waals surface area contributed by atoms with Crippen LogP contribution in [-0.2, 0) is 13.0 Å². The number of fused-ring (bicyclic) bond motifs is 3. The molecule has 0 atom stereocenters. The van der Waals surface area contributed by atoms with E-state index in [1.165, 1.54) is 27.8 Å². The maximum absolute atomic E-state index is 5.93. The minimum Gasteiger partial charge on any atom is -0.489 e. The molecule has 1 nitrogen and oxygen atoms in total. The third-order valence-electron chi connectivity index (χ3n) is 4.02. The molecule has 21 heavy (non-hydrogen) atoms. The van der Waals surface area contributed by atoms with Gasteiger partial charge in [0.1, 0.15) is 12.4 Å². The zero-order valence-corrected chi connectivity index (χ0v) is 11.8. The van der Waals surface area contributed by atoms with E-state index in [0.29, 0.717) is 6.61 Å². The first-order valence-corrected chi connectivity index (χ1v) is 7.28. The van der Waals surface area contributed by atoms with E-state index in [4.69, 9.17) is 4.74 Å². The van der Waals surface area contributed by atoms with Crippen LogP contribution in [0.3, 0.4) is 0 Å². The fourth-order valence-corrected chi connectivity index (χ4v) is 2.93. The van der Waals surface area contributed by atoms with Gasteiger partial charge in [0.05, 0.1) is 0 Å². The van der Waals surface area contributed by atoms with Gasteiger partial charge in [0.15, 0.2) is 0 Å². The highest BCUT2D eigenvalue weighted by molar-refractivity contribution is 5.77. The second-order valence-electron chi connectivity index (χ2n) is 5.43. The van der Waals surface area contributed by atoms with Gasteiger partial charge in [-0.25, -0.2) is 0 Å². The zero-order valence-electron chi connectivity index (χ0n) is 11.8. The second kappa shape index (κ2) is 5.10. The van der Waals surface area contributed by atoms with E-state index in [2.05, 4.69) is 54.6 Å². The zero-order chi connectivity index (χ0) is 14.1. The van der Waals surface area contributed by atoms with Crippen molar-refractivity contribution in [2.75, 3.05) is 0 Å². The summed E-state index contributed by atoms with van der Waals surface area (Å²) in [6, 6.07) is 25.3. The smallest absolute Gasteiger partial charge is 0.120 e. The molecule has 0 saturated heterocycles. The monoisotopic (exact) mass is 272 g/mol. The van der Waals surface area contributed by atoms with Gasteiger partial charge in [0, 0.05) is 0 Å². The van der Waals surface area contributed by atoms with Crippen LogP contribution in [0.1, 0.15) is 16.7 Å². The normalized spacial score (nSPS) is 11.8. The van der Waals surface area contributed by atoms with Gasteiger partial charge in [0.2, 0.25) is 0 Å². The lowest BCUT2D eigenvalue weighted by atomic mass is 10.1. The molecule has 1 aliphatic carbocycles. The summed E-state index contributed by atoms with van der Waals surface area (Å²) < 4.78 is 5.93. The summed E-state index contributed by atoms with van der Waals surface area (Å²) in [6.45, 7) is 0.612. The van der Waals surface area contributed by atoms with Crippen LogP contribution in [0.25, 0.3) is 11.1 Å². The molecule has 0 bridgehead atoms. The predicted octanol–water partition coefficient (Wildman–Crippen LogP) is 4.84. The molecule has 3 aromatic carbocycles. The van der Waals surface area contributed by atoms with Crippen molar-refractivity contribution in [3.8, 4) is 16.9 Å². The Morgan fingerprint density at radius 2 is 1.48 bits per heavy atom. The highest BCUT2D eigenvalue weighted by atomic mass is 16.5. The molecule has 0 saturated carbocycles. The number of benzene rings is 3. The molecule has 3 aromatic rings. The molecule has 4 rings (SSSR count). The van der Waals surface area contributed by atoms with Crippen molar-refractivity contribution in [1.29, 1.82) is 0 Å². The summed E-state index contributed by atoms with van der Waals surface area (Å²) in [5.41, 5.74) is 6.66. The standard InChI is InChI=1S/C20H16O/c1-2-6-15(7-3-1)14-21-18-11-10-17-12-16-8-4-5-9-19(16)20(17)13-18/h1-11,13H,12,14H2. The first-order valence-electron chi connectivity index (χ1n) is 7.28. The van der Waals surface area contributed by atoms with E-state index in [0.717, 1.165) is 12.2 Å². The maximum atomic E-state index is 5.93. The number of ether oxygens (including phenoxy) is 1. The summed E-state index contributed by atoms with van der Waals surface area (Å²) in [5.74, 6) is 0.939. The highest BCUT2D eigenvalue weighted by Crippen LogP contribution is 2.38. The van der Waals surface area contributed by atoms with Crippen LogP contribution in [-0.4, -0.2) is 0 Å². The minimum absolute atomic E-state index is 0.612. The van der Waals surface area contributed by atoms with Crippen LogP contribution in [0.4, 0.5) is 0 Å². The van der Waals surface area contributed by atoms with Crippen LogP contribution in [0.5, 0.6) is 5.75 Å². The Morgan fingerprint density at radius 1 is 0.714 bits per heavy atom. The fraction of sp³-hybridized carbons (Fsp3) is 0.100. The van der Waals surface area contributed by atoms with E-state index in [1.807, 2.05) is 18.2 Å². The van der Waals surface area contributed by atoms with Gasteiger partial charge in [-0.1, -0.05) is 60.7 Å². The highest BCUT2D eigenvalue weighted by Gasteiger charge is 2.18. The summed E-state index contributed by atoms with van der Waals surface area (Å²) in [6.07, 6.45) is 1.03. The molecule has 1 aliphatic rings. The average Bonchev–Trinajstić information content (AvgIpc) is 2.92. The molecule has 1 heteroatoms. The largest absolute Gasteiger partial charge is 0.489 e. The Balaban J connectivity index is 1.60. The molecule has 0 amide bonds. The fourth-order valence-electron chi connectivity index (χ4n) is 2.93. The molecule has 102 valence electrons. The molecule has 0 fully saturated rings. The summed E-state index contributed by atoms with van der Waals surface area (Å²) >= 11 is 0. The van der Waals surface area contributed by atoms with Gasteiger partial charge in [-0.3, -0.25) is 0 Å². The Bertz CT molecular complexity index is 775. The predicted molar refractivity (Wildman–Crippen MR) is 85.5 cm³/mol. The molecular weight excluding hydrogens is 256 g/mol. The van der Waals surface area contributed by atoms with Crippen LogP contribution >= 0.6 is 0 Å². The quantitative estimate of drug-likeness (QED) is 0.518. The average molecular weight is 272 g/mol. The lowest BCUT2D eigenvalue weighted by Gasteiger charge is -2.08. The first kappa shape index (κ1) is 12.2. The number of hydrogen-bond donors (Lipinski definition) is 0. The van der Waals surface area contributed by atoms with Gasteiger partial charge in [-0.2, -0.15) is 0 Å². The molecular formula is C20H16O. The summed E-state index contributed by atoms with van der Waals surface area (Å²) in [4.78, 5) is 0. The van der Waals surface area contributed by atoms with Crippen molar-refractivity contribution >= 4 is 0 Å². The Labute approximate surface area is 124 Å². The summed E-state index contributed by atoms with van der Waals surface area (Å²) in [5, 5.41) is 0. The van der Waals surface area contributed by atoms with E-state index in [-0.39, 0.29) is 0 Å². The molecule has 0 aliphatic heterocycles. The lowest BCUT2D eigenvalue weighted by Crippen LogP contribution is -1.95. The maximum Gasteiger partial charge on any atom is 0.120 e. The SMILES string of the molecule is c1ccc(COc2ccc3c(c2)-c2ccccc2C3)cc1. The van der Waals surface area contributed by atoms with Gasteiger partial charge < -0.3 is 4.74 Å². The van der Waals surface area contributed by atoms with Crippen molar-refractivity contribution in [2.24, 2.45) is 0 Å². The van der Waals surface area contributed by atoms with Crippen molar-refractivity contribution in [1.82, 2.24) is 0 Å². The van der Waals surface area contributed by atoms with E-state index in [9.17, 15) is 0 Å². The lowest BCUT2D eigenvalue weighted by molar-refractivity contribution is 0.306. The van der Waals surface area contributed by atoms with Gasteiger partial charge in [-0.05, 0) is 46.4 Å². The van der Waals surface area contributed by atoms with Crippen LogP contribution in [0, 0.1) is 0 Å². The third-order valence-corrected chi connectivity index (χ3v) is 4.02. The molecule has 0 aromatic heterocycles. The van der Waals surface area contributed by atoms with E-state index < -0.39 is 0 Å². The van der Waals surface area contributed by atoms with E-state index >= 15 is 0 Å². The molecule has 0 spiro atoms. The van der Waals surface area contributed by atoms with Gasteiger partial charge in [0.25, 0.3) is 0 Å². The van der Waals surface area contributed by atoms with Gasteiger partial charge >= 0.3 is 0 Å². The Morgan fingerprint density at radius 3 is 2.38 bits per heavy atom. The molecule has 0 radical (unpaired) electrons. The third kappa shape index (κ3) is 2.31. The molecule has 0 N–H and O–H groups in total. The van der Waals surface area contributed by atoms with Crippen LogP contribution in [0.15, 0.2) is 72.8 Å². The van der Waals surface area contributed by atoms with Crippen molar-refractivity contribution in [3.63, 3.8) is 0 Å². The first-order chi connectivity index (χ1) is 10.4. The second-order valence-corrected chi connectivity index (χ2v) is 5.43. The molecule has 0 heterocycles. The minimum atomic E-state index is 0.612. The summed E-state index contributed by atoms with van der Waals surface area (Å²) in [7, 11) is 0. The van der Waals surface area contributed by atoms with Gasteiger partial charge in [-0.15, -0.1) is 0 Å². The topological polar surface area (TPSA) is 9.23 Å². The van der Waals surface area contributed by atoms with Crippen molar-refractivity contribution in [2.45, 2.75) is 13.0 Å². The number of hydrogen-bond acceptors (Lipinski definition) is 1. The Kier molecular flexibility index (Phi) is 2.97.